The minimum absolute atomic E-state index is 0.223. The standard InChI is InChI=1S/C16H23ClFNO/c1-3-19-15(16(20-4-2)11-5-6-11)9-12-7-8-13(18)10-14(12)17/h7-8,10-11,15-16,19H,3-6,9H2,1-2H3. The summed E-state index contributed by atoms with van der Waals surface area (Å²) in [4.78, 5) is 0. The lowest BCUT2D eigenvalue weighted by Crippen LogP contribution is -2.44. The molecule has 0 amide bonds. The predicted molar refractivity (Wildman–Crippen MR) is 80.7 cm³/mol. The van der Waals surface area contributed by atoms with Crippen molar-refractivity contribution in [2.24, 2.45) is 5.92 Å². The fraction of sp³-hybridized carbons (Fsp3) is 0.625. The van der Waals surface area contributed by atoms with E-state index in [1.165, 1.54) is 25.0 Å². The fourth-order valence-corrected chi connectivity index (χ4v) is 2.93. The van der Waals surface area contributed by atoms with Crippen LogP contribution in [0.4, 0.5) is 4.39 Å². The van der Waals surface area contributed by atoms with E-state index in [4.69, 9.17) is 16.3 Å². The van der Waals surface area contributed by atoms with Crippen molar-refractivity contribution in [3.63, 3.8) is 0 Å². The van der Waals surface area contributed by atoms with E-state index >= 15 is 0 Å². The van der Waals surface area contributed by atoms with Crippen LogP contribution in [0, 0.1) is 11.7 Å². The highest BCUT2D eigenvalue weighted by Crippen LogP contribution is 2.37. The first-order chi connectivity index (χ1) is 9.65. The van der Waals surface area contributed by atoms with Gasteiger partial charge in [0.1, 0.15) is 5.82 Å². The Hall–Kier alpha value is -0.640. The van der Waals surface area contributed by atoms with Crippen LogP contribution < -0.4 is 5.32 Å². The van der Waals surface area contributed by atoms with Gasteiger partial charge in [-0.05, 0) is 56.3 Å². The second-order valence-corrected chi connectivity index (χ2v) is 5.77. The topological polar surface area (TPSA) is 21.3 Å². The summed E-state index contributed by atoms with van der Waals surface area (Å²) in [6.45, 7) is 5.73. The third-order valence-electron chi connectivity index (χ3n) is 3.76. The van der Waals surface area contributed by atoms with Gasteiger partial charge < -0.3 is 10.1 Å². The molecule has 0 spiro atoms. The zero-order valence-corrected chi connectivity index (χ0v) is 12.9. The molecule has 0 aromatic heterocycles. The molecule has 2 nitrogen and oxygen atoms in total. The Labute approximate surface area is 125 Å². The van der Waals surface area contributed by atoms with E-state index in [0.717, 1.165) is 25.1 Å². The van der Waals surface area contributed by atoms with Gasteiger partial charge in [0, 0.05) is 17.7 Å². The lowest BCUT2D eigenvalue weighted by molar-refractivity contribution is 0.0196. The first-order valence-corrected chi connectivity index (χ1v) is 7.82. The van der Waals surface area contributed by atoms with Crippen LogP contribution in [0.2, 0.25) is 5.02 Å². The van der Waals surface area contributed by atoms with E-state index in [1.807, 2.05) is 6.92 Å². The molecule has 112 valence electrons. The third-order valence-corrected chi connectivity index (χ3v) is 4.12. The maximum atomic E-state index is 13.1. The van der Waals surface area contributed by atoms with Crippen LogP contribution >= 0.6 is 11.6 Å². The van der Waals surface area contributed by atoms with Crippen LogP contribution in [-0.4, -0.2) is 25.3 Å². The number of ether oxygens (including phenoxy) is 1. The average molecular weight is 300 g/mol. The van der Waals surface area contributed by atoms with Gasteiger partial charge in [-0.3, -0.25) is 0 Å². The molecule has 0 aliphatic heterocycles. The molecule has 1 N–H and O–H groups in total. The number of rotatable bonds is 8. The molecule has 1 aliphatic rings. The van der Waals surface area contributed by atoms with Crippen LogP contribution in [0.15, 0.2) is 18.2 Å². The van der Waals surface area contributed by atoms with Crippen molar-refractivity contribution in [2.75, 3.05) is 13.2 Å². The molecular formula is C16H23ClFNO. The Balaban J connectivity index is 2.10. The summed E-state index contributed by atoms with van der Waals surface area (Å²) in [5.41, 5.74) is 0.976. The van der Waals surface area contributed by atoms with Gasteiger partial charge in [0.15, 0.2) is 0 Å². The highest BCUT2D eigenvalue weighted by Gasteiger charge is 2.37. The summed E-state index contributed by atoms with van der Waals surface area (Å²) in [6, 6.07) is 4.86. The molecule has 1 aliphatic carbocycles. The molecule has 1 saturated carbocycles. The van der Waals surface area contributed by atoms with Crippen molar-refractivity contribution in [1.29, 1.82) is 0 Å². The molecule has 0 heterocycles. The van der Waals surface area contributed by atoms with Gasteiger partial charge >= 0.3 is 0 Å². The summed E-state index contributed by atoms with van der Waals surface area (Å²) in [6.07, 6.45) is 3.47. The van der Waals surface area contributed by atoms with Crippen LogP contribution in [0.25, 0.3) is 0 Å². The van der Waals surface area contributed by atoms with Gasteiger partial charge in [0.25, 0.3) is 0 Å². The molecule has 1 aromatic carbocycles. The number of benzene rings is 1. The minimum atomic E-state index is -0.290. The highest BCUT2D eigenvalue weighted by molar-refractivity contribution is 6.31. The van der Waals surface area contributed by atoms with E-state index in [2.05, 4.69) is 12.2 Å². The quantitative estimate of drug-likeness (QED) is 0.788. The molecule has 2 atom stereocenters. The van der Waals surface area contributed by atoms with E-state index in [9.17, 15) is 4.39 Å². The van der Waals surface area contributed by atoms with Crippen molar-refractivity contribution < 1.29 is 9.13 Å². The predicted octanol–water partition coefficient (Wildman–Crippen LogP) is 3.81. The van der Waals surface area contributed by atoms with Crippen LogP contribution in [-0.2, 0) is 11.2 Å². The van der Waals surface area contributed by atoms with Gasteiger partial charge in [-0.25, -0.2) is 4.39 Å². The van der Waals surface area contributed by atoms with Gasteiger partial charge in [0.05, 0.1) is 6.10 Å². The molecule has 0 saturated heterocycles. The molecule has 1 aromatic rings. The van der Waals surface area contributed by atoms with Crippen LogP contribution in [0.1, 0.15) is 32.3 Å². The molecular weight excluding hydrogens is 277 g/mol. The van der Waals surface area contributed by atoms with Crippen LogP contribution in [0.3, 0.4) is 0 Å². The molecule has 2 rings (SSSR count). The monoisotopic (exact) mass is 299 g/mol. The second kappa shape index (κ2) is 7.39. The van der Waals surface area contributed by atoms with Crippen molar-refractivity contribution in [1.82, 2.24) is 5.32 Å². The number of nitrogens with one attached hydrogen (secondary N) is 1. The molecule has 1 fully saturated rings. The molecule has 2 unspecified atom stereocenters. The van der Waals surface area contributed by atoms with E-state index in [0.29, 0.717) is 10.9 Å². The fourth-order valence-electron chi connectivity index (χ4n) is 2.69. The summed E-state index contributed by atoms with van der Waals surface area (Å²) >= 11 is 6.14. The zero-order valence-electron chi connectivity index (χ0n) is 12.2. The summed E-state index contributed by atoms with van der Waals surface area (Å²) in [5.74, 6) is 0.362. The maximum Gasteiger partial charge on any atom is 0.124 e. The van der Waals surface area contributed by atoms with Crippen molar-refractivity contribution >= 4 is 11.6 Å². The van der Waals surface area contributed by atoms with Gasteiger partial charge in [-0.2, -0.15) is 0 Å². The minimum Gasteiger partial charge on any atom is -0.377 e. The molecule has 20 heavy (non-hydrogen) atoms. The Kier molecular flexibility index (Phi) is 5.82. The van der Waals surface area contributed by atoms with Gasteiger partial charge in [0.2, 0.25) is 0 Å². The summed E-state index contributed by atoms with van der Waals surface area (Å²) < 4.78 is 19.1. The first kappa shape index (κ1) is 15.7. The third kappa shape index (κ3) is 4.18. The average Bonchev–Trinajstić information content (AvgIpc) is 3.23. The second-order valence-electron chi connectivity index (χ2n) is 5.36. The summed E-state index contributed by atoms with van der Waals surface area (Å²) in [5, 5.41) is 4.00. The Morgan fingerprint density at radius 2 is 2.15 bits per heavy atom. The van der Waals surface area contributed by atoms with E-state index in [-0.39, 0.29) is 18.0 Å². The number of likely N-dealkylation sites (N-methyl/N-ethyl adjacent to an activating group) is 1. The van der Waals surface area contributed by atoms with Crippen molar-refractivity contribution in [3.8, 4) is 0 Å². The van der Waals surface area contributed by atoms with E-state index in [1.54, 1.807) is 6.07 Å². The SMILES string of the molecule is CCNC(Cc1ccc(F)cc1Cl)C(OCC)C1CC1. The lowest BCUT2D eigenvalue weighted by atomic mass is 9.98. The number of hydrogen-bond acceptors (Lipinski definition) is 2. The molecule has 0 bridgehead atoms. The Morgan fingerprint density at radius 1 is 1.40 bits per heavy atom. The maximum absolute atomic E-state index is 13.1. The number of halogens is 2. The van der Waals surface area contributed by atoms with Gasteiger partial charge in [-0.15, -0.1) is 0 Å². The molecule has 4 heteroatoms. The first-order valence-electron chi connectivity index (χ1n) is 7.44. The lowest BCUT2D eigenvalue weighted by Gasteiger charge is -2.28. The summed E-state index contributed by atoms with van der Waals surface area (Å²) in [7, 11) is 0. The van der Waals surface area contributed by atoms with Crippen molar-refractivity contribution in [2.45, 2.75) is 45.3 Å². The Morgan fingerprint density at radius 3 is 2.70 bits per heavy atom. The zero-order chi connectivity index (χ0) is 14.5. The van der Waals surface area contributed by atoms with Crippen molar-refractivity contribution in [3.05, 3.63) is 34.6 Å². The largest absolute Gasteiger partial charge is 0.377 e. The van der Waals surface area contributed by atoms with Gasteiger partial charge in [-0.1, -0.05) is 24.6 Å². The van der Waals surface area contributed by atoms with E-state index < -0.39 is 0 Å². The molecule has 0 radical (unpaired) electrons. The normalized spacial score (nSPS) is 18.0. The highest BCUT2D eigenvalue weighted by atomic mass is 35.5. The van der Waals surface area contributed by atoms with Crippen LogP contribution in [0.5, 0.6) is 0 Å². The Bertz CT molecular complexity index is 436. The number of hydrogen-bond donors (Lipinski definition) is 1. The smallest absolute Gasteiger partial charge is 0.124 e.